The van der Waals surface area contributed by atoms with Gasteiger partial charge in [0.15, 0.2) is 5.96 Å². The van der Waals surface area contributed by atoms with Crippen LogP contribution in [0, 0.1) is 0 Å². The minimum Gasteiger partial charge on any atom is -0.370 e. The zero-order valence-electron chi connectivity index (χ0n) is 9.95. The second-order valence-electron chi connectivity index (χ2n) is 3.61. The molecule has 0 aromatic heterocycles. The van der Waals surface area contributed by atoms with Crippen molar-refractivity contribution < 1.29 is 0 Å². The summed E-state index contributed by atoms with van der Waals surface area (Å²) in [7, 11) is 0. The van der Waals surface area contributed by atoms with Crippen molar-refractivity contribution in [3.63, 3.8) is 0 Å². The van der Waals surface area contributed by atoms with Crippen LogP contribution in [-0.4, -0.2) is 12.5 Å². The van der Waals surface area contributed by atoms with Gasteiger partial charge in [-0.15, -0.1) is 24.0 Å². The number of rotatable bonds is 5. The summed E-state index contributed by atoms with van der Waals surface area (Å²) in [5, 5.41) is 3.80. The molecule has 96 valence electrons. The first-order chi connectivity index (χ1) is 7.72. The predicted octanol–water partition coefficient (Wildman–Crippen LogP) is 3.16. The SMILES string of the molecule is CCCCNC(N)=NCc1ccc(Cl)cc1.I. The van der Waals surface area contributed by atoms with Crippen molar-refractivity contribution in [3.8, 4) is 0 Å². The topological polar surface area (TPSA) is 50.4 Å². The zero-order chi connectivity index (χ0) is 11.8. The number of benzene rings is 1. The van der Waals surface area contributed by atoms with Gasteiger partial charge in [0.25, 0.3) is 0 Å². The van der Waals surface area contributed by atoms with Crippen LogP contribution in [0.25, 0.3) is 0 Å². The van der Waals surface area contributed by atoms with Crippen LogP contribution in [0.15, 0.2) is 29.3 Å². The molecule has 0 fully saturated rings. The number of hydrogen-bond donors (Lipinski definition) is 2. The van der Waals surface area contributed by atoms with Crippen LogP contribution in [0.4, 0.5) is 0 Å². The molecule has 0 radical (unpaired) electrons. The standard InChI is InChI=1S/C12H18ClN3.HI/c1-2-3-8-15-12(14)16-9-10-4-6-11(13)7-5-10;/h4-7H,2-3,8-9H2,1H3,(H3,14,15,16);1H. The van der Waals surface area contributed by atoms with Crippen molar-refractivity contribution in [1.82, 2.24) is 5.32 Å². The lowest BCUT2D eigenvalue weighted by Gasteiger charge is -2.04. The van der Waals surface area contributed by atoms with E-state index in [9.17, 15) is 0 Å². The Kier molecular flexibility index (Phi) is 9.26. The van der Waals surface area contributed by atoms with Crippen molar-refractivity contribution in [3.05, 3.63) is 34.9 Å². The second-order valence-corrected chi connectivity index (χ2v) is 4.04. The summed E-state index contributed by atoms with van der Waals surface area (Å²) in [6.07, 6.45) is 2.26. The van der Waals surface area contributed by atoms with E-state index in [1.165, 1.54) is 0 Å². The molecule has 0 spiro atoms. The molecule has 5 heteroatoms. The quantitative estimate of drug-likeness (QED) is 0.363. The Morgan fingerprint density at radius 3 is 2.59 bits per heavy atom. The first kappa shape index (κ1) is 16.5. The first-order valence-corrected chi connectivity index (χ1v) is 5.88. The molecule has 0 aliphatic carbocycles. The summed E-state index contributed by atoms with van der Waals surface area (Å²) in [5.41, 5.74) is 6.81. The third-order valence-corrected chi connectivity index (χ3v) is 2.43. The molecular weight excluding hydrogens is 349 g/mol. The molecule has 3 N–H and O–H groups in total. The highest BCUT2D eigenvalue weighted by atomic mass is 127. The molecule has 3 nitrogen and oxygen atoms in total. The van der Waals surface area contributed by atoms with Gasteiger partial charge in [-0.3, -0.25) is 0 Å². The van der Waals surface area contributed by atoms with Gasteiger partial charge in [0.05, 0.1) is 6.54 Å². The average Bonchev–Trinajstić information content (AvgIpc) is 2.29. The van der Waals surface area contributed by atoms with Crippen LogP contribution < -0.4 is 11.1 Å². The van der Waals surface area contributed by atoms with Crippen LogP contribution in [0.5, 0.6) is 0 Å². The Labute approximate surface area is 125 Å². The van der Waals surface area contributed by atoms with Gasteiger partial charge in [0.2, 0.25) is 0 Å². The van der Waals surface area contributed by atoms with Crippen molar-refractivity contribution in [2.45, 2.75) is 26.3 Å². The monoisotopic (exact) mass is 367 g/mol. The average molecular weight is 368 g/mol. The van der Waals surface area contributed by atoms with E-state index >= 15 is 0 Å². The number of unbranched alkanes of at least 4 members (excludes halogenated alkanes) is 1. The van der Waals surface area contributed by atoms with E-state index < -0.39 is 0 Å². The molecule has 0 heterocycles. The van der Waals surface area contributed by atoms with Gasteiger partial charge < -0.3 is 11.1 Å². The molecule has 1 rings (SSSR count). The summed E-state index contributed by atoms with van der Waals surface area (Å²) in [6.45, 7) is 3.61. The third kappa shape index (κ3) is 7.44. The fourth-order valence-electron chi connectivity index (χ4n) is 1.22. The van der Waals surface area contributed by atoms with Crippen LogP contribution in [0.1, 0.15) is 25.3 Å². The maximum absolute atomic E-state index is 5.79. The number of guanidine groups is 1. The third-order valence-electron chi connectivity index (χ3n) is 2.18. The first-order valence-electron chi connectivity index (χ1n) is 5.50. The van der Waals surface area contributed by atoms with Gasteiger partial charge in [-0.1, -0.05) is 37.1 Å². The molecule has 0 aliphatic heterocycles. The smallest absolute Gasteiger partial charge is 0.188 e. The van der Waals surface area contributed by atoms with Crippen LogP contribution in [-0.2, 0) is 6.54 Å². The van der Waals surface area contributed by atoms with Crippen molar-refractivity contribution in [2.24, 2.45) is 10.7 Å². The van der Waals surface area contributed by atoms with Crippen LogP contribution in [0.2, 0.25) is 5.02 Å². The van der Waals surface area contributed by atoms with Crippen molar-refractivity contribution in [1.29, 1.82) is 0 Å². The van der Waals surface area contributed by atoms with E-state index in [0.29, 0.717) is 12.5 Å². The minimum absolute atomic E-state index is 0. The Hall–Kier alpha value is -0.490. The molecule has 1 aromatic rings. The highest BCUT2D eigenvalue weighted by Gasteiger charge is 1.93. The lowest BCUT2D eigenvalue weighted by Crippen LogP contribution is -2.32. The summed E-state index contributed by atoms with van der Waals surface area (Å²) >= 11 is 5.79. The van der Waals surface area contributed by atoms with Gasteiger partial charge in [-0.05, 0) is 24.1 Å². The Morgan fingerprint density at radius 1 is 1.35 bits per heavy atom. The predicted molar refractivity (Wildman–Crippen MR) is 85.1 cm³/mol. The van der Waals surface area contributed by atoms with E-state index in [0.717, 1.165) is 30.0 Å². The van der Waals surface area contributed by atoms with Crippen LogP contribution in [0.3, 0.4) is 0 Å². The minimum atomic E-state index is 0. The molecule has 0 unspecified atom stereocenters. The maximum Gasteiger partial charge on any atom is 0.188 e. The molecule has 0 bridgehead atoms. The van der Waals surface area contributed by atoms with E-state index in [-0.39, 0.29) is 24.0 Å². The second kappa shape index (κ2) is 9.53. The van der Waals surface area contributed by atoms with E-state index in [4.69, 9.17) is 17.3 Å². The lowest BCUT2D eigenvalue weighted by atomic mass is 10.2. The molecule has 0 aliphatic rings. The molecule has 0 atom stereocenters. The Morgan fingerprint density at radius 2 is 2.00 bits per heavy atom. The molecule has 1 aromatic carbocycles. The van der Waals surface area contributed by atoms with Crippen LogP contribution >= 0.6 is 35.6 Å². The fourth-order valence-corrected chi connectivity index (χ4v) is 1.34. The van der Waals surface area contributed by atoms with E-state index in [2.05, 4.69) is 17.2 Å². The summed E-state index contributed by atoms with van der Waals surface area (Å²) < 4.78 is 0. The summed E-state index contributed by atoms with van der Waals surface area (Å²) in [4.78, 5) is 4.24. The normalized spacial score (nSPS) is 10.8. The number of nitrogens with one attached hydrogen (secondary N) is 1. The zero-order valence-corrected chi connectivity index (χ0v) is 13.0. The highest BCUT2D eigenvalue weighted by Crippen LogP contribution is 2.09. The maximum atomic E-state index is 5.79. The molecule has 0 saturated heterocycles. The summed E-state index contributed by atoms with van der Waals surface area (Å²) in [6, 6.07) is 7.61. The Bertz CT molecular complexity index is 338. The van der Waals surface area contributed by atoms with Crippen molar-refractivity contribution >= 4 is 41.5 Å². The number of hydrogen-bond acceptors (Lipinski definition) is 1. The molecule has 0 saturated carbocycles. The Balaban J connectivity index is 0.00000256. The molecular formula is C12H19ClIN3. The van der Waals surface area contributed by atoms with Gasteiger partial charge in [-0.2, -0.15) is 0 Å². The van der Waals surface area contributed by atoms with Gasteiger partial charge >= 0.3 is 0 Å². The largest absolute Gasteiger partial charge is 0.370 e. The van der Waals surface area contributed by atoms with Gasteiger partial charge in [-0.25, -0.2) is 4.99 Å². The number of nitrogens with zero attached hydrogens (tertiary/aromatic N) is 1. The molecule has 0 amide bonds. The van der Waals surface area contributed by atoms with Gasteiger partial charge in [0.1, 0.15) is 0 Å². The lowest BCUT2D eigenvalue weighted by molar-refractivity contribution is 0.748. The highest BCUT2D eigenvalue weighted by molar-refractivity contribution is 14.0. The van der Waals surface area contributed by atoms with Gasteiger partial charge in [0, 0.05) is 11.6 Å². The molecule has 17 heavy (non-hydrogen) atoms. The number of halogens is 2. The fraction of sp³-hybridized carbons (Fsp3) is 0.417. The van der Waals surface area contributed by atoms with E-state index in [1.807, 2.05) is 24.3 Å². The summed E-state index contributed by atoms with van der Waals surface area (Å²) in [5.74, 6) is 0.503. The number of aliphatic imine (C=N–C) groups is 1. The van der Waals surface area contributed by atoms with E-state index in [1.54, 1.807) is 0 Å². The van der Waals surface area contributed by atoms with Crippen molar-refractivity contribution in [2.75, 3.05) is 6.54 Å². The number of nitrogens with two attached hydrogens (primary N) is 1.